The van der Waals surface area contributed by atoms with E-state index >= 15 is 0 Å². The van der Waals surface area contributed by atoms with Crippen LogP contribution in [0.15, 0.2) is 10.9 Å². The quantitative estimate of drug-likeness (QED) is 0.547. The molecule has 0 aliphatic carbocycles. The largest absolute Gasteiger partial charge is 0.336 e. The molecule has 0 atom stereocenters. The second kappa shape index (κ2) is 1.59. The minimum Gasteiger partial charge on any atom is -0.336 e. The molecule has 1 radical (unpaired) electrons. The molecule has 0 spiro atoms. The molecule has 0 fully saturated rings. The summed E-state index contributed by atoms with van der Waals surface area (Å²) in [5.74, 6) is 0. The molecule has 1 N–H and O–H groups in total. The van der Waals surface area contributed by atoms with E-state index in [4.69, 9.17) is 0 Å². The highest BCUT2D eigenvalue weighted by atomic mass is 16.5. The van der Waals surface area contributed by atoms with E-state index in [-0.39, 0.29) is 0 Å². The van der Waals surface area contributed by atoms with Gasteiger partial charge in [0.15, 0.2) is 6.33 Å². The van der Waals surface area contributed by atoms with E-state index in [9.17, 15) is 0 Å². The first-order valence-corrected chi connectivity index (χ1v) is 1.73. The summed E-state index contributed by atoms with van der Waals surface area (Å²) in [6, 6.07) is 0.333. The van der Waals surface area contributed by atoms with Crippen LogP contribution in [0.2, 0.25) is 0 Å². The van der Waals surface area contributed by atoms with E-state index in [1.165, 1.54) is 6.33 Å². The van der Waals surface area contributed by atoms with Crippen molar-refractivity contribution < 1.29 is 4.52 Å². The van der Waals surface area contributed by atoms with Crippen molar-refractivity contribution in [3.63, 3.8) is 0 Å². The molecule has 4 heteroatoms. The fourth-order valence-electron chi connectivity index (χ4n) is 0.251. The molecule has 0 bridgehead atoms. The van der Waals surface area contributed by atoms with E-state index in [0.29, 0.717) is 6.01 Å². The molecule has 0 saturated heterocycles. The van der Waals surface area contributed by atoms with Crippen LogP contribution in [-0.4, -0.2) is 10.1 Å². The van der Waals surface area contributed by atoms with Crippen LogP contribution in [0.5, 0.6) is 0 Å². The molecule has 7 heavy (non-hydrogen) atoms. The maximum Gasteiger partial charge on any atom is 0.321 e. The third-order valence-electron chi connectivity index (χ3n) is 0.513. The summed E-state index contributed by atoms with van der Waals surface area (Å²) < 4.78 is 4.45. The fraction of sp³-hybridized carbons (Fsp3) is 0. The zero-order chi connectivity index (χ0) is 5.11. The Morgan fingerprint density at radius 1 is 1.86 bits per heavy atom. The fourth-order valence-corrected chi connectivity index (χ4v) is 0.251. The molecule has 1 aromatic rings. The van der Waals surface area contributed by atoms with Gasteiger partial charge in [-0.3, -0.25) is 0 Å². The third-order valence-corrected chi connectivity index (χ3v) is 0.513. The van der Waals surface area contributed by atoms with Crippen molar-refractivity contribution >= 4 is 6.01 Å². The number of nitrogens with zero attached hydrogens (tertiary/aromatic N) is 2. The van der Waals surface area contributed by atoms with Gasteiger partial charge in [0.1, 0.15) is 0 Å². The van der Waals surface area contributed by atoms with Crippen molar-refractivity contribution in [1.29, 1.82) is 0 Å². The van der Waals surface area contributed by atoms with E-state index in [0.717, 1.165) is 0 Å². The van der Waals surface area contributed by atoms with E-state index in [1.807, 2.05) is 0 Å². The summed E-state index contributed by atoms with van der Waals surface area (Å²) in [7, 11) is 3.28. The maximum atomic E-state index is 4.45. The Balaban J connectivity index is 2.76. The molecule has 1 rings (SSSR count). The Morgan fingerprint density at radius 3 is 3.00 bits per heavy atom. The van der Waals surface area contributed by atoms with Crippen molar-refractivity contribution in [2.75, 3.05) is 5.32 Å². The Bertz CT molecular complexity index is 125. The molecular weight excluding hydrogens is 94.1 g/mol. The van der Waals surface area contributed by atoms with Crippen LogP contribution in [0.25, 0.3) is 0 Å². The van der Waals surface area contributed by atoms with Crippen LogP contribution in [0.3, 0.4) is 0 Å². The van der Waals surface area contributed by atoms with Gasteiger partial charge in [-0.25, -0.2) is 0 Å². The zero-order valence-electron chi connectivity index (χ0n) is 3.59. The van der Waals surface area contributed by atoms with Gasteiger partial charge in [0.25, 0.3) is 0 Å². The van der Waals surface area contributed by atoms with Crippen LogP contribution < -0.4 is 5.32 Å². The molecule has 0 saturated carbocycles. The Morgan fingerprint density at radius 2 is 2.71 bits per heavy atom. The lowest BCUT2D eigenvalue weighted by atomic mass is 11.1. The normalized spacial score (nSPS) is 8.71. The highest BCUT2D eigenvalue weighted by Gasteiger charge is 1.86. The first-order valence-electron chi connectivity index (χ1n) is 1.73. The van der Waals surface area contributed by atoms with Crippen molar-refractivity contribution in [3.05, 3.63) is 13.4 Å². The first-order chi connectivity index (χ1) is 3.43. The lowest BCUT2D eigenvalue weighted by molar-refractivity contribution is 0.433. The van der Waals surface area contributed by atoms with Crippen LogP contribution in [0.1, 0.15) is 0 Å². The second-order valence-corrected chi connectivity index (χ2v) is 0.923. The van der Waals surface area contributed by atoms with Gasteiger partial charge in [0.05, 0.1) is 0 Å². The number of anilines is 1. The molecule has 1 aromatic heterocycles. The van der Waals surface area contributed by atoms with Crippen molar-refractivity contribution in [1.82, 2.24) is 10.1 Å². The number of aromatic nitrogens is 2. The SMILES string of the molecule is [CH2]Nc1ncno1. The number of nitrogens with one attached hydrogen (secondary N) is 1. The summed E-state index contributed by atoms with van der Waals surface area (Å²) in [5, 5.41) is 5.72. The van der Waals surface area contributed by atoms with Crippen LogP contribution >= 0.6 is 0 Å². The summed E-state index contributed by atoms with van der Waals surface area (Å²) >= 11 is 0. The Labute approximate surface area is 40.5 Å². The number of rotatable bonds is 1. The number of hydrogen-bond acceptors (Lipinski definition) is 4. The number of hydrogen-bond donors (Lipinski definition) is 1. The highest BCUT2D eigenvalue weighted by molar-refractivity contribution is 5.14. The molecule has 0 unspecified atom stereocenters. The lowest BCUT2D eigenvalue weighted by Crippen LogP contribution is -1.80. The van der Waals surface area contributed by atoms with Crippen LogP contribution in [-0.2, 0) is 0 Å². The smallest absolute Gasteiger partial charge is 0.321 e. The van der Waals surface area contributed by atoms with E-state index in [2.05, 4.69) is 27.0 Å². The van der Waals surface area contributed by atoms with Gasteiger partial charge < -0.3 is 9.84 Å². The first kappa shape index (κ1) is 4.11. The van der Waals surface area contributed by atoms with Crippen molar-refractivity contribution in [2.45, 2.75) is 0 Å². The van der Waals surface area contributed by atoms with Crippen molar-refractivity contribution in [2.24, 2.45) is 0 Å². The van der Waals surface area contributed by atoms with Crippen molar-refractivity contribution in [3.8, 4) is 0 Å². The highest BCUT2D eigenvalue weighted by Crippen LogP contribution is 1.93. The van der Waals surface area contributed by atoms with E-state index < -0.39 is 0 Å². The summed E-state index contributed by atoms with van der Waals surface area (Å²) in [5.41, 5.74) is 0. The van der Waals surface area contributed by atoms with Crippen LogP contribution in [0.4, 0.5) is 6.01 Å². The monoisotopic (exact) mass is 98.0 g/mol. The average molecular weight is 98.1 g/mol. The molecule has 0 aliphatic heterocycles. The van der Waals surface area contributed by atoms with Gasteiger partial charge in [0.2, 0.25) is 0 Å². The van der Waals surface area contributed by atoms with Gasteiger partial charge in [-0.2, -0.15) is 4.98 Å². The third kappa shape index (κ3) is 0.677. The molecule has 4 nitrogen and oxygen atoms in total. The zero-order valence-corrected chi connectivity index (χ0v) is 3.59. The predicted octanol–water partition coefficient (Wildman–Crippen LogP) is 0.273. The van der Waals surface area contributed by atoms with Gasteiger partial charge in [-0.05, 0) is 0 Å². The molecule has 0 aromatic carbocycles. The minimum absolute atomic E-state index is 0.333. The van der Waals surface area contributed by atoms with Gasteiger partial charge in [0, 0.05) is 7.05 Å². The minimum atomic E-state index is 0.333. The Kier molecular flexibility index (Phi) is 0.934. The lowest BCUT2D eigenvalue weighted by Gasteiger charge is -1.80. The van der Waals surface area contributed by atoms with E-state index in [1.54, 1.807) is 0 Å². The topological polar surface area (TPSA) is 51.0 Å². The predicted molar refractivity (Wildman–Crippen MR) is 23.3 cm³/mol. The maximum absolute atomic E-state index is 4.45. The average Bonchev–Trinajstić information content (AvgIpc) is 2.14. The molecule has 0 amide bonds. The molecule has 1 heterocycles. The summed E-state index contributed by atoms with van der Waals surface area (Å²) in [4.78, 5) is 3.58. The molecule has 37 valence electrons. The van der Waals surface area contributed by atoms with Crippen LogP contribution in [0, 0.1) is 7.05 Å². The van der Waals surface area contributed by atoms with Gasteiger partial charge in [-0.15, -0.1) is 0 Å². The Hall–Kier alpha value is -1.06. The summed E-state index contributed by atoms with van der Waals surface area (Å²) in [6.07, 6.45) is 1.30. The molecule has 0 aliphatic rings. The summed E-state index contributed by atoms with van der Waals surface area (Å²) in [6.45, 7) is 0. The second-order valence-electron chi connectivity index (χ2n) is 0.923. The molecular formula is C3H4N3O. The van der Waals surface area contributed by atoms with Gasteiger partial charge in [-0.1, -0.05) is 5.16 Å². The van der Waals surface area contributed by atoms with Gasteiger partial charge >= 0.3 is 6.01 Å². The standard InChI is InChI=1S/C3H4N3O/c1-4-3-5-2-6-7-3/h2H,1H2,(H,4,5,6).